The molecule has 3 nitrogen and oxygen atoms in total. The molecule has 1 fully saturated rings. The van der Waals surface area contributed by atoms with E-state index in [2.05, 4.69) is 20.7 Å². The molecule has 1 saturated heterocycles. The molecule has 0 aliphatic carbocycles. The van der Waals surface area contributed by atoms with Crippen molar-refractivity contribution in [3.63, 3.8) is 0 Å². The van der Waals surface area contributed by atoms with Gasteiger partial charge in [-0.05, 0) is 40.5 Å². The van der Waals surface area contributed by atoms with Crippen molar-refractivity contribution in [2.24, 2.45) is 0 Å². The van der Waals surface area contributed by atoms with Crippen LogP contribution in [0.3, 0.4) is 0 Å². The van der Waals surface area contributed by atoms with Gasteiger partial charge in [-0.15, -0.1) is 0 Å². The Hall–Kier alpha value is -1.50. The smallest absolute Gasteiger partial charge is 0.320 e. The van der Waals surface area contributed by atoms with Gasteiger partial charge < -0.3 is 5.32 Å². The van der Waals surface area contributed by atoms with E-state index in [9.17, 15) is 44.3 Å². The Morgan fingerprint density at radius 3 is 2.04 bits per heavy atom. The van der Waals surface area contributed by atoms with Gasteiger partial charge in [-0.1, -0.05) is 6.07 Å². The van der Waals surface area contributed by atoms with Crippen LogP contribution < -0.4 is 5.32 Å². The zero-order valence-corrected chi connectivity index (χ0v) is 13.9. The lowest BCUT2D eigenvalue weighted by atomic mass is 9.99. The van der Waals surface area contributed by atoms with Crippen molar-refractivity contribution in [2.45, 2.75) is 36.7 Å². The zero-order valence-electron chi connectivity index (χ0n) is 12.3. The zero-order chi connectivity index (χ0) is 20.3. The Balaban J connectivity index is 2.44. The third-order valence-corrected chi connectivity index (χ3v) is 4.15. The van der Waals surface area contributed by atoms with E-state index in [1.807, 2.05) is 0 Å². The Labute approximate surface area is 147 Å². The Bertz CT molecular complexity index is 755. The van der Waals surface area contributed by atoms with Crippen molar-refractivity contribution in [3.8, 4) is 0 Å². The highest BCUT2D eigenvalue weighted by molar-refractivity contribution is 9.10. The predicted octanol–water partition coefficient (Wildman–Crippen LogP) is 4.89. The highest BCUT2D eigenvalue weighted by atomic mass is 79.9. The lowest BCUT2D eigenvalue weighted by Crippen LogP contribution is -2.63. The third kappa shape index (κ3) is 2.58. The van der Waals surface area contributed by atoms with E-state index in [1.165, 1.54) is 17.4 Å². The SMILES string of the molecule is Cc1ccc(NC(=O)C(F)(F)C2(F)OC(F)(F)C(F)(F)C2(F)F)c(Br)c1. The Kier molecular flexibility index (Phi) is 4.60. The van der Waals surface area contributed by atoms with E-state index in [1.54, 1.807) is 6.92 Å². The fourth-order valence-electron chi connectivity index (χ4n) is 2.02. The van der Waals surface area contributed by atoms with Gasteiger partial charge in [0, 0.05) is 4.47 Å². The average Bonchev–Trinajstić information content (AvgIpc) is 2.57. The first kappa shape index (κ1) is 20.8. The van der Waals surface area contributed by atoms with Gasteiger partial charge in [0.05, 0.1) is 5.69 Å². The van der Waals surface area contributed by atoms with Gasteiger partial charge in [-0.25, -0.2) is 0 Å². The highest BCUT2D eigenvalue weighted by Crippen LogP contribution is 2.64. The normalized spacial score (nSPS) is 26.6. The van der Waals surface area contributed by atoms with Gasteiger partial charge in [-0.3, -0.25) is 9.53 Å². The maximum absolute atomic E-state index is 14.0. The number of halogens is 10. The summed E-state index contributed by atoms with van der Waals surface area (Å²) in [6.45, 7) is 1.55. The van der Waals surface area contributed by atoms with Gasteiger partial charge in [-0.2, -0.15) is 39.5 Å². The second-order valence-electron chi connectivity index (χ2n) is 5.37. The molecular weight excluding hydrogens is 453 g/mol. The number of alkyl halides is 9. The minimum absolute atomic E-state index is 0.0516. The predicted molar refractivity (Wildman–Crippen MR) is 72.2 cm³/mol. The van der Waals surface area contributed by atoms with E-state index in [0.717, 1.165) is 6.07 Å². The van der Waals surface area contributed by atoms with Crippen LogP contribution in [0.4, 0.5) is 45.2 Å². The van der Waals surface area contributed by atoms with E-state index in [0.29, 0.717) is 5.56 Å². The molecule has 1 aliphatic rings. The molecule has 146 valence electrons. The summed E-state index contributed by atoms with van der Waals surface area (Å²) in [6.07, 6.45) is -6.28. The van der Waals surface area contributed by atoms with E-state index in [4.69, 9.17) is 0 Å². The summed E-state index contributed by atoms with van der Waals surface area (Å²) in [7, 11) is 0. The molecule has 1 unspecified atom stereocenters. The maximum Gasteiger partial charge on any atom is 0.428 e. The van der Waals surface area contributed by atoms with Crippen LogP contribution in [0.15, 0.2) is 22.7 Å². The lowest BCUT2D eigenvalue weighted by molar-refractivity contribution is -0.366. The number of hydrogen-bond acceptors (Lipinski definition) is 2. The first-order valence-electron chi connectivity index (χ1n) is 6.49. The largest absolute Gasteiger partial charge is 0.428 e. The Morgan fingerprint density at radius 2 is 1.62 bits per heavy atom. The van der Waals surface area contributed by atoms with Crippen LogP contribution in [-0.4, -0.2) is 35.6 Å². The first-order valence-corrected chi connectivity index (χ1v) is 7.28. The summed E-state index contributed by atoms with van der Waals surface area (Å²) in [4.78, 5) is 11.5. The molecule has 1 amide bonds. The molecule has 1 aliphatic heterocycles. The molecule has 1 N–H and O–H groups in total. The van der Waals surface area contributed by atoms with Crippen LogP contribution in [0.25, 0.3) is 0 Å². The molecule has 0 radical (unpaired) electrons. The van der Waals surface area contributed by atoms with Gasteiger partial charge in [0.2, 0.25) is 0 Å². The van der Waals surface area contributed by atoms with Gasteiger partial charge in [0.1, 0.15) is 0 Å². The van der Waals surface area contributed by atoms with Crippen LogP contribution in [-0.2, 0) is 9.53 Å². The quantitative estimate of drug-likeness (QED) is 0.653. The number of anilines is 1. The molecule has 1 aromatic rings. The van der Waals surface area contributed by atoms with Crippen LogP contribution >= 0.6 is 15.9 Å². The van der Waals surface area contributed by atoms with Crippen molar-refractivity contribution >= 4 is 27.5 Å². The van der Waals surface area contributed by atoms with Crippen LogP contribution in [0.1, 0.15) is 5.56 Å². The molecule has 0 bridgehead atoms. The summed E-state index contributed by atoms with van der Waals surface area (Å²) in [6, 6.07) is 3.55. The molecular formula is C13H7BrF9NO2. The molecule has 1 heterocycles. The lowest BCUT2D eigenvalue weighted by Gasteiger charge is -2.31. The van der Waals surface area contributed by atoms with E-state index >= 15 is 0 Å². The average molecular weight is 460 g/mol. The van der Waals surface area contributed by atoms with Crippen LogP contribution in [0.2, 0.25) is 0 Å². The first-order chi connectivity index (χ1) is 11.5. The maximum atomic E-state index is 14.0. The topological polar surface area (TPSA) is 38.3 Å². The number of carbonyl (C=O) groups excluding carboxylic acids is 1. The second-order valence-corrected chi connectivity index (χ2v) is 6.23. The Morgan fingerprint density at radius 1 is 1.08 bits per heavy atom. The molecule has 26 heavy (non-hydrogen) atoms. The third-order valence-electron chi connectivity index (χ3n) is 3.49. The van der Waals surface area contributed by atoms with E-state index < -0.39 is 41.3 Å². The van der Waals surface area contributed by atoms with Gasteiger partial charge >= 0.3 is 35.6 Å². The van der Waals surface area contributed by atoms with E-state index in [-0.39, 0.29) is 4.47 Å². The summed E-state index contributed by atoms with van der Waals surface area (Å²) in [5.41, 5.74) is 0.0808. The number of aryl methyl sites for hydroxylation is 1. The molecule has 0 spiro atoms. The van der Waals surface area contributed by atoms with Crippen LogP contribution in [0.5, 0.6) is 0 Å². The summed E-state index contributed by atoms with van der Waals surface area (Å²) >= 11 is 2.83. The fraction of sp³-hybridized carbons (Fsp3) is 0.462. The summed E-state index contributed by atoms with van der Waals surface area (Å²) in [5.74, 6) is -28.6. The monoisotopic (exact) mass is 459 g/mol. The summed E-state index contributed by atoms with van der Waals surface area (Å²) in [5, 5.41) is 1.29. The van der Waals surface area contributed by atoms with Crippen molar-refractivity contribution in [2.75, 3.05) is 5.32 Å². The minimum Gasteiger partial charge on any atom is -0.320 e. The number of benzene rings is 1. The molecule has 13 heteroatoms. The molecule has 1 atom stereocenters. The second kappa shape index (κ2) is 5.75. The number of rotatable bonds is 3. The molecule has 0 saturated carbocycles. The van der Waals surface area contributed by atoms with Crippen LogP contribution in [0, 0.1) is 6.92 Å². The highest BCUT2D eigenvalue weighted by Gasteiger charge is 2.96. The number of ether oxygens (including phenoxy) is 1. The number of amides is 1. The molecule has 0 aromatic heterocycles. The van der Waals surface area contributed by atoms with Crippen molar-refractivity contribution < 1.29 is 49.0 Å². The van der Waals surface area contributed by atoms with Crippen molar-refractivity contribution in [1.29, 1.82) is 0 Å². The van der Waals surface area contributed by atoms with Crippen molar-refractivity contribution in [1.82, 2.24) is 0 Å². The molecule has 1 aromatic carbocycles. The minimum atomic E-state index is -6.71. The fourth-order valence-corrected chi connectivity index (χ4v) is 2.61. The van der Waals surface area contributed by atoms with Gasteiger partial charge in [0.15, 0.2) is 0 Å². The summed E-state index contributed by atoms with van der Waals surface area (Å²) < 4.78 is 123. The van der Waals surface area contributed by atoms with Crippen molar-refractivity contribution in [3.05, 3.63) is 28.2 Å². The number of carbonyl (C=O) groups is 1. The number of nitrogens with one attached hydrogen (secondary N) is 1. The standard InChI is InChI=1S/C13H7BrF9NO2/c1-5-2-3-7(6(14)4-5)24-8(25)9(15,16)12(21)10(17,18)11(19,20)13(22,23)26-12/h2-4H,1H3,(H,24,25). The number of hydrogen-bond donors (Lipinski definition) is 1. The van der Waals surface area contributed by atoms with Gasteiger partial charge in [0.25, 0.3) is 0 Å². The molecule has 2 rings (SSSR count).